The summed E-state index contributed by atoms with van der Waals surface area (Å²) >= 11 is 0. The van der Waals surface area contributed by atoms with Crippen LogP contribution in [0.3, 0.4) is 0 Å². The summed E-state index contributed by atoms with van der Waals surface area (Å²) in [6.45, 7) is 6.98. The van der Waals surface area contributed by atoms with Gasteiger partial charge in [-0.2, -0.15) is 0 Å². The highest BCUT2D eigenvalue weighted by Gasteiger charge is 2.09. The van der Waals surface area contributed by atoms with Crippen LogP contribution in [-0.4, -0.2) is 13.6 Å². The molecule has 20 heavy (non-hydrogen) atoms. The van der Waals surface area contributed by atoms with E-state index in [2.05, 4.69) is 61.4 Å². The van der Waals surface area contributed by atoms with Gasteiger partial charge in [0.1, 0.15) is 5.76 Å². The van der Waals surface area contributed by atoms with Crippen LogP contribution in [0.1, 0.15) is 30.2 Å². The largest absolute Gasteiger partial charge is 0.468 e. The molecule has 0 spiro atoms. The molecule has 0 bridgehead atoms. The standard InChI is InChI=1S/C17H24N2O/c1-4-9-18-12-17-15(8-10-20-17)13-19(3)16-7-5-6-14(2)11-16/h5-8,10-11,18H,4,9,12-13H2,1-3H3. The molecule has 0 unspecified atom stereocenters. The van der Waals surface area contributed by atoms with Crippen LogP contribution in [0.5, 0.6) is 0 Å². The molecule has 3 heteroatoms. The second-order valence-corrected chi connectivity index (χ2v) is 5.24. The molecule has 2 rings (SSSR count). The lowest BCUT2D eigenvalue weighted by Crippen LogP contribution is -2.19. The van der Waals surface area contributed by atoms with Gasteiger partial charge in [-0.1, -0.05) is 19.1 Å². The van der Waals surface area contributed by atoms with Crippen LogP contribution in [0.2, 0.25) is 0 Å². The van der Waals surface area contributed by atoms with Crippen molar-refractivity contribution in [2.24, 2.45) is 0 Å². The maximum Gasteiger partial charge on any atom is 0.122 e. The fraction of sp³-hybridized carbons (Fsp3) is 0.412. The molecule has 108 valence electrons. The predicted molar refractivity (Wildman–Crippen MR) is 84.0 cm³/mol. The molecule has 1 heterocycles. The number of aryl methyl sites for hydroxylation is 1. The van der Waals surface area contributed by atoms with E-state index in [0.29, 0.717) is 0 Å². The van der Waals surface area contributed by atoms with E-state index in [0.717, 1.165) is 31.8 Å². The fourth-order valence-electron chi connectivity index (χ4n) is 2.25. The predicted octanol–water partition coefficient (Wildman–Crippen LogP) is 3.72. The van der Waals surface area contributed by atoms with Gasteiger partial charge in [-0.05, 0) is 43.7 Å². The Kier molecular flexibility index (Phi) is 5.24. The summed E-state index contributed by atoms with van der Waals surface area (Å²) in [5.41, 5.74) is 3.77. The number of nitrogens with zero attached hydrogens (tertiary/aromatic N) is 1. The Morgan fingerprint density at radius 3 is 2.85 bits per heavy atom. The van der Waals surface area contributed by atoms with Crippen molar-refractivity contribution in [1.29, 1.82) is 0 Å². The van der Waals surface area contributed by atoms with E-state index >= 15 is 0 Å². The summed E-state index contributed by atoms with van der Waals surface area (Å²) in [6.07, 6.45) is 2.92. The van der Waals surface area contributed by atoms with Crippen LogP contribution in [0.4, 0.5) is 5.69 Å². The van der Waals surface area contributed by atoms with Crippen molar-refractivity contribution < 1.29 is 4.42 Å². The summed E-state index contributed by atoms with van der Waals surface area (Å²) in [4.78, 5) is 2.25. The third kappa shape index (κ3) is 3.87. The van der Waals surface area contributed by atoms with Crippen LogP contribution < -0.4 is 10.2 Å². The Labute approximate surface area is 121 Å². The highest BCUT2D eigenvalue weighted by Crippen LogP contribution is 2.19. The zero-order chi connectivity index (χ0) is 14.4. The van der Waals surface area contributed by atoms with Gasteiger partial charge in [-0.25, -0.2) is 0 Å². The molecule has 2 aromatic rings. The molecular weight excluding hydrogens is 248 g/mol. The number of hydrogen-bond donors (Lipinski definition) is 1. The van der Waals surface area contributed by atoms with E-state index in [1.165, 1.54) is 16.8 Å². The van der Waals surface area contributed by atoms with Crippen molar-refractivity contribution in [3.8, 4) is 0 Å². The van der Waals surface area contributed by atoms with E-state index in [1.807, 2.05) is 0 Å². The average molecular weight is 272 g/mol. The molecule has 3 nitrogen and oxygen atoms in total. The number of nitrogens with one attached hydrogen (secondary N) is 1. The first-order chi connectivity index (χ1) is 9.70. The fourth-order valence-corrected chi connectivity index (χ4v) is 2.25. The monoisotopic (exact) mass is 272 g/mol. The molecule has 1 aromatic carbocycles. The third-order valence-electron chi connectivity index (χ3n) is 3.40. The second kappa shape index (κ2) is 7.15. The molecule has 1 aromatic heterocycles. The summed E-state index contributed by atoms with van der Waals surface area (Å²) in [5, 5.41) is 3.39. The van der Waals surface area contributed by atoms with E-state index in [-0.39, 0.29) is 0 Å². The van der Waals surface area contributed by atoms with Gasteiger partial charge in [0.2, 0.25) is 0 Å². The molecule has 0 aliphatic heterocycles. The van der Waals surface area contributed by atoms with Gasteiger partial charge in [-0.15, -0.1) is 0 Å². The Morgan fingerprint density at radius 2 is 2.10 bits per heavy atom. The van der Waals surface area contributed by atoms with Gasteiger partial charge >= 0.3 is 0 Å². The Balaban J connectivity index is 2.01. The van der Waals surface area contributed by atoms with E-state index in [4.69, 9.17) is 4.42 Å². The van der Waals surface area contributed by atoms with E-state index in [9.17, 15) is 0 Å². The summed E-state index contributed by atoms with van der Waals surface area (Å²) in [7, 11) is 2.12. The number of furan rings is 1. The van der Waals surface area contributed by atoms with Gasteiger partial charge in [0.15, 0.2) is 0 Å². The van der Waals surface area contributed by atoms with Crippen molar-refractivity contribution in [3.63, 3.8) is 0 Å². The minimum atomic E-state index is 0.803. The molecule has 0 aliphatic carbocycles. The highest BCUT2D eigenvalue weighted by molar-refractivity contribution is 5.48. The summed E-state index contributed by atoms with van der Waals surface area (Å²) in [6, 6.07) is 10.6. The normalized spacial score (nSPS) is 10.8. The van der Waals surface area contributed by atoms with Crippen LogP contribution in [0, 0.1) is 6.92 Å². The maximum absolute atomic E-state index is 5.58. The molecule has 0 saturated carbocycles. The molecule has 0 aliphatic rings. The molecule has 1 N–H and O–H groups in total. The minimum Gasteiger partial charge on any atom is -0.468 e. The zero-order valence-electron chi connectivity index (χ0n) is 12.6. The Hall–Kier alpha value is -1.74. The number of benzene rings is 1. The van der Waals surface area contributed by atoms with Crippen molar-refractivity contribution in [1.82, 2.24) is 5.32 Å². The smallest absolute Gasteiger partial charge is 0.122 e. The number of hydrogen-bond acceptors (Lipinski definition) is 3. The first-order valence-electron chi connectivity index (χ1n) is 7.24. The van der Waals surface area contributed by atoms with Gasteiger partial charge in [0, 0.05) is 24.8 Å². The Morgan fingerprint density at radius 1 is 1.25 bits per heavy atom. The van der Waals surface area contributed by atoms with Gasteiger partial charge < -0.3 is 14.6 Å². The van der Waals surface area contributed by atoms with Crippen molar-refractivity contribution in [2.75, 3.05) is 18.5 Å². The van der Waals surface area contributed by atoms with Crippen LogP contribution in [-0.2, 0) is 13.1 Å². The lowest BCUT2D eigenvalue weighted by atomic mass is 10.2. The lowest BCUT2D eigenvalue weighted by Gasteiger charge is -2.19. The zero-order valence-corrected chi connectivity index (χ0v) is 12.6. The molecular formula is C17H24N2O. The molecule has 0 atom stereocenters. The van der Waals surface area contributed by atoms with Crippen molar-refractivity contribution in [2.45, 2.75) is 33.4 Å². The third-order valence-corrected chi connectivity index (χ3v) is 3.40. The van der Waals surface area contributed by atoms with Gasteiger partial charge in [0.25, 0.3) is 0 Å². The molecule has 0 saturated heterocycles. The topological polar surface area (TPSA) is 28.4 Å². The summed E-state index contributed by atoms with van der Waals surface area (Å²) in [5.74, 6) is 1.04. The van der Waals surface area contributed by atoms with Crippen molar-refractivity contribution >= 4 is 5.69 Å². The Bertz CT molecular complexity index is 533. The van der Waals surface area contributed by atoms with Gasteiger partial charge in [0.05, 0.1) is 12.8 Å². The van der Waals surface area contributed by atoms with E-state index in [1.54, 1.807) is 6.26 Å². The van der Waals surface area contributed by atoms with Crippen LogP contribution in [0.25, 0.3) is 0 Å². The summed E-state index contributed by atoms with van der Waals surface area (Å²) < 4.78 is 5.58. The van der Waals surface area contributed by atoms with E-state index < -0.39 is 0 Å². The minimum absolute atomic E-state index is 0.803. The van der Waals surface area contributed by atoms with Crippen LogP contribution >= 0.6 is 0 Å². The lowest BCUT2D eigenvalue weighted by molar-refractivity contribution is 0.478. The molecule has 0 radical (unpaired) electrons. The maximum atomic E-state index is 5.58. The first kappa shape index (κ1) is 14.7. The first-order valence-corrected chi connectivity index (χ1v) is 7.24. The SMILES string of the molecule is CCCNCc1occc1CN(C)c1cccc(C)c1. The quantitative estimate of drug-likeness (QED) is 0.779. The second-order valence-electron chi connectivity index (χ2n) is 5.24. The average Bonchev–Trinajstić information content (AvgIpc) is 2.86. The molecule has 0 amide bonds. The highest BCUT2D eigenvalue weighted by atomic mass is 16.3. The van der Waals surface area contributed by atoms with Crippen molar-refractivity contribution in [3.05, 3.63) is 53.5 Å². The number of anilines is 1. The molecule has 0 fully saturated rings. The van der Waals surface area contributed by atoms with Gasteiger partial charge in [-0.3, -0.25) is 0 Å². The van der Waals surface area contributed by atoms with Crippen LogP contribution in [0.15, 0.2) is 41.0 Å². The number of rotatable bonds is 7.